The molecule has 108 valence electrons. The van der Waals surface area contributed by atoms with E-state index in [9.17, 15) is 9.18 Å². The van der Waals surface area contributed by atoms with Crippen LogP contribution in [0, 0.1) is 5.82 Å². The van der Waals surface area contributed by atoms with Crippen molar-refractivity contribution in [3.05, 3.63) is 52.8 Å². The molecule has 1 atom stereocenters. The Morgan fingerprint density at radius 3 is 2.81 bits per heavy atom. The van der Waals surface area contributed by atoms with E-state index in [1.807, 2.05) is 0 Å². The predicted molar refractivity (Wildman–Crippen MR) is 79.4 cm³/mol. The maximum Gasteiger partial charge on any atom is 0.251 e. The van der Waals surface area contributed by atoms with Crippen LogP contribution in [0.5, 0.6) is 5.75 Å². The van der Waals surface area contributed by atoms with E-state index >= 15 is 0 Å². The van der Waals surface area contributed by atoms with E-state index in [-0.39, 0.29) is 11.7 Å². The van der Waals surface area contributed by atoms with Crippen molar-refractivity contribution in [1.29, 1.82) is 0 Å². The molecule has 4 nitrogen and oxygen atoms in total. The van der Waals surface area contributed by atoms with E-state index in [0.717, 1.165) is 5.56 Å². The molecule has 1 amide bonds. The Morgan fingerprint density at radius 2 is 2.10 bits per heavy atom. The van der Waals surface area contributed by atoms with Crippen molar-refractivity contribution in [2.75, 3.05) is 17.7 Å². The summed E-state index contributed by atoms with van der Waals surface area (Å²) in [7, 11) is 1.40. The molecule has 2 N–H and O–H groups in total. The van der Waals surface area contributed by atoms with Gasteiger partial charge in [-0.2, -0.15) is 0 Å². The van der Waals surface area contributed by atoms with Crippen molar-refractivity contribution in [3.63, 3.8) is 0 Å². The van der Waals surface area contributed by atoms with Crippen LogP contribution in [0.15, 0.2) is 36.4 Å². The molecule has 0 radical (unpaired) electrons. The maximum atomic E-state index is 13.7. The van der Waals surface area contributed by atoms with Crippen molar-refractivity contribution in [1.82, 2.24) is 0 Å². The van der Waals surface area contributed by atoms with Gasteiger partial charge in [0, 0.05) is 28.0 Å². The first-order chi connectivity index (χ1) is 10.1. The predicted octanol–water partition coefficient (Wildman–Crippen LogP) is 3.59. The summed E-state index contributed by atoms with van der Waals surface area (Å²) in [5, 5.41) is 6.29. The van der Waals surface area contributed by atoms with Gasteiger partial charge in [0.25, 0.3) is 5.91 Å². The van der Waals surface area contributed by atoms with E-state index < -0.39 is 11.9 Å². The van der Waals surface area contributed by atoms with E-state index in [1.165, 1.54) is 19.2 Å². The summed E-state index contributed by atoms with van der Waals surface area (Å²) in [6.07, 6.45) is 0. The fourth-order valence-corrected chi connectivity index (χ4v) is 2.48. The number of hydrogen-bond acceptors (Lipinski definition) is 3. The molecule has 6 heteroatoms. The number of benzene rings is 2. The summed E-state index contributed by atoms with van der Waals surface area (Å²) in [6, 6.07) is 9.00. The second kappa shape index (κ2) is 5.26. The van der Waals surface area contributed by atoms with Crippen LogP contribution in [0.3, 0.4) is 0 Å². The lowest BCUT2D eigenvalue weighted by Gasteiger charge is -2.14. The monoisotopic (exact) mass is 306 g/mol. The first-order valence-electron chi connectivity index (χ1n) is 6.29. The average Bonchev–Trinajstić information content (AvgIpc) is 2.75. The Labute approximate surface area is 125 Å². The molecule has 1 aliphatic rings. The van der Waals surface area contributed by atoms with Crippen LogP contribution in [-0.2, 0) is 4.79 Å². The smallest absolute Gasteiger partial charge is 0.251 e. The van der Waals surface area contributed by atoms with E-state index in [2.05, 4.69) is 10.6 Å². The molecule has 0 aliphatic carbocycles. The summed E-state index contributed by atoms with van der Waals surface area (Å²) in [5.74, 6) is -0.546. The minimum absolute atomic E-state index is 0.153. The van der Waals surface area contributed by atoms with Gasteiger partial charge in [-0.25, -0.2) is 4.39 Å². The number of nitrogens with one attached hydrogen (secondary N) is 2. The molecule has 21 heavy (non-hydrogen) atoms. The minimum Gasteiger partial charge on any atom is -0.494 e. The zero-order valence-corrected chi connectivity index (χ0v) is 11.9. The number of amides is 1. The van der Waals surface area contributed by atoms with Gasteiger partial charge in [-0.15, -0.1) is 0 Å². The third-order valence-corrected chi connectivity index (χ3v) is 3.54. The Bertz CT molecular complexity index is 721. The number of anilines is 2. The number of hydrogen-bond donors (Lipinski definition) is 2. The van der Waals surface area contributed by atoms with Gasteiger partial charge < -0.3 is 15.4 Å². The molecule has 0 fully saturated rings. The topological polar surface area (TPSA) is 50.4 Å². The normalized spacial score (nSPS) is 16.3. The number of rotatable bonds is 3. The molecule has 1 unspecified atom stereocenters. The number of halogens is 2. The standard InChI is InChI=1S/C15H12ClFN2O2/c1-21-13-5-3-9(7-11(13)17)18-14-10-6-8(16)2-4-12(10)19-15(14)20/h2-7,14,18H,1H3,(H,19,20). The van der Waals surface area contributed by atoms with E-state index in [1.54, 1.807) is 24.3 Å². The van der Waals surface area contributed by atoms with Crippen LogP contribution in [-0.4, -0.2) is 13.0 Å². The highest BCUT2D eigenvalue weighted by Crippen LogP contribution is 2.35. The van der Waals surface area contributed by atoms with Gasteiger partial charge in [0.05, 0.1) is 7.11 Å². The molecule has 2 aromatic carbocycles. The fourth-order valence-electron chi connectivity index (χ4n) is 2.30. The first-order valence-corrected chi connectivity index (χ1v) is 6.66. The average molecular weight is 307 g/mol. The SMILES string of the molecule is COc1ccc(NC2C(=O)Nc3ccc(Cl)cc32)cc1F. The Morgan fingerprint density at radius 1 is 1.29 bits per heavy atom. The lowest BCUT2D eigenvalue weighted by molar-refractivity contribution is -0.116. The fraction of sp³-hybridized carbons (Fsp3) is 0.133. The number of carbonyl (C=O) groups is 1. The van der Waals surface area contributed by atoms with Gasteiger partial charge in [-0.05, 0) is 30.3 Å². The second-order valence-corrected chi connectivity index (χ2v) is 5.08. The number of methoxy groups -OCH3 is 1. The number of fused-ring (bicyclic) bond motifs is 1. The zero-order valence-electron chi connectivity index (χ0n) is 11.1. The van der Waals surface area contributed by atoms with Gasteiger partial charge in [0.15, 0.2) is 11.6 Å². The second-order valence-electron chi connectivity index (χ2n) is 4.65. The van der Waals surface area contributed by atoms with Crippen LogP contribution in [0.4, 0.5) is 15.8 Å². The Balaban J connectivity index is 1.90. The van der Waals surface area contributed by atoms with Crippen molar-refractivity contribution in [3.8, 4) is 5.75 Å². The van der Waals surface area contributed by atoms with Gasteiger partial charge in [0.1, 0.15) is 6.04 Å². The summed E-state index contributed by atoms with van der Waals surface area (Å²) in [5.41, 5.74) is 1.93. The van der Waals surface area contributed by atoms with Crippen molar-refractivity contribution >= 4 is 28.9 Å². The van der Waals surface area contributed by atoms with Gasteiger partial charge in [-0.3, -0.25) is 4.79 Å². The van der Waals surface area contributed by atoms with Crippen LogP contribution < -0.4 is 15.4 Å². The molecular formula is C15H12ClFN2O2. The molecular weight excluding hydrogens is 295 g/mol. The third kappa shape index (κ3) is 2.52. The Hall–Kier alpha value is -2.27. The molecule has 2 aromatic rings. The molecule has 0 aromatic heterocycles. The molecule has 1 heterocycles. The molecule has 0 spiro atoms. The van der Waals surface area contributed by atoms with Gasteiger partial charge in [0.2, 0.25) is 0 Å². The lowest BCUT2D eigenvalue weighted by Crippen LogP contribution is -2.19. The Kier molecular flexibility index (Phi) is 3.43. The minimum atomic E-state index is -0.605. The van der Waals surface area contributed by atoms with E-state index in [0.29, 0.717) is 16.4 Å². The first kappa shape index (κ1) is 13.7. The summed E-state index contributed by atoms with van der Waals surface area (Å²) < 4.78 is 18.6. The maximum absolute atomic E-state index is 13.7. The molecule has 3 rings (SSSR count). The number of ether oxygens (including phenoxy) is 1. The highest BCUT2D eigenvalue weighted by Gasteiger charge is 2.30. The lowest BCUT2D eigenvalue weighted by atomic mass is 10.1. The van der Waals surface area contributed by atoms with Gasteiger partial charge >= 0.3 is 0 Å². The molecule has 1 aliphatic heterocycles. The molecule has 0 bridgehead atoms. The highest BCUT2D eigenvalue weighted by atomic mass is 35.5. The van der Waals surface area contributed by atoms with Crippen LogP contribution >= 0.6 is 11.6 Å². The molecule has 0 saturated carbocycles. The number of carbonyl (C=O) groups excluding carboxylic acids is 1. The van der Waals surface area contributed by atoms with Crippen molar-refractivity contribution in [2.45, 2.75) is 6.04 Å². The summed E-state index contributed by atoms with van der Waals surface area (Å²) in [4.78, 5) is 12.0. The van der Waals surface area contributed by atoms with Crippen LogP contribution in [0.25, 0.3) is 0 Å². The summed E-state index contributed by atoms with van der Waals surface area (Å²) in [6.45, 7) is 0. The summed E-state index contributed by atoms with van der Waals surface area (Å²) >= 11 is 5.96. The quantitative estimate of drug-likeness (QED) is 0.911. The van der Waals surface area contributed by atoms with Crippen molar-refractivity contribution in [2.24, 2.45) is 0 Å². The highest BCUT2D eigenvalue weighted by molar-refractivity contribution is 6.31. The van der Waals surface area contributed by atoms with Gasteiger partial charge in [-0.1, -0.05) is 11.6 Å². The molecule has 0 saturated heterocycles. The van der Waals surface area contributed by atoms with E-state index in [4.69, 9.17) is 16.3 Å². The zero-order chi connectivity index (χ0) is 15.0. The van der Waals surface area contributed by atoms with Crippen LogP contribution in [0.1, 0.15) is 11.6 Å². The van der Waals surface area contributed by atoms with Crippen molar-refractivity contribution < 1.29 is 13.9 Å². The largest absolute Gasteiger partial charge is 0.494 e. The third-order valence-electron chi connectivity index (χ3n) is 3.31. The van der Waals surface area contributed by atoms with Crippen LogP contribution in [0.2, 0.25) is 5.02 Å².